The van der Waals surface area contributed by atoms with Gasteiger partial charge in [-0.05, 0) is 44.4 Å². The molecular formula is C21H23ClN4O2S. The molecule has 0 radical (unpaired) electrons. The maximum Gasteiger partial charge on any atom is 0.266 e. The average Bonchev–Trinajstić information content (AvgIpc) is 3.43. The SMILES string of the molecule is CCNc1nc(C)c(C(=O)N2CCCC2c2ncc(Cc3ccc(Cl)cc3)o2)s1. The molecule has 0 aliphatic carbocycles. The van der Waals surface area contributed by atoms with Crippen LogP contribution in [-0.4, -0.2) is 33.9 Å². The molecule has 0 saturated carbocycles. The Balaban J connectivity index is 1.50. The van der Waals surface area contributed by atoms with E-state index in [4.69, 9.17) is 16.0 Å². The van der Waals surface area contributed by atoms with E-state index >= 15 is 0 Å². The van der Waals surface area contributed by atoms with Gasteiger partial charge in [-0.25, -0.2) is 9.97 Å². The first kappa shape index (κ1) is 19.9. The topological polar surface area (TPSA) is 71.3 Å². The van der Waals surface area contributed by atoms with Gasteiger partial charge in [-0.15, -0.1) is 0 Å². The number of nitrogens with one attached hydrogen (secondary N) is 1. The van der Waals surface area contributed by atoms with E-state index in [0.717, 1.165) is 41.5 Å². The molecule has 1 aromatic carbocycles. The summed E-state index contributed by atoms with van der Waals surface area (Å²) in [7, 11) is 0. The molecule has 8 heteroatoms. The van der Waals surface area contributed by atoms with Gasteiger partial charge in [0.25, 0.3) is 5.91 Å². The Hall–Kier alpha value is -2.38. The van der Waals surface area contributed by atoms with Gasteiger partial charge in [-0.2, -0.15) is 0 Å². The number of nitrogens with zero attached hydrogens (tertiary/aromatic N) is 3. The van der Waals surface area contributed by atoms with E-state index in [1.54, 1.807) is 6.20 Å². The van der Waals surface area contributed by atoms with Crippen LogP contribution in [0.15, 0.2) is 34.9 Å². The number of aromatic nitrogens is 2. The zero-order valence-corrected chi connectivity index (χ0v) is 18.0. The smallest absolute Gasteiger partial charge is 0.266 e. The summed E-state index contributed by atoms with van der Waals surface area (Å²) in [4.78, 5) is 24.7. The van der Waals surface area contributed by atoms with Crippen LogP contribution < -0.4 is 5.32 Å². The molecule has 4 rings (SSSR count). The molecule has 29 heavy (non-hydrogen) atoms. The quantitative estimate of drug-likeness (QED) is 0.589. The van der Waals surface area contributed by atoms with E-state index in [1.165, 1.54) is 11.3 Å². The maximum atomic E-state index is 13.2. The van der Waals surface area contributed by atoms with Crippen LogP contribution in [0.5, 0.6) is 0 Å². The maximum absolute atomic E-state index is 13.2. The Morgan fingerprint density at radius 1 is 1.38 bits per heavy atom. The van der Waals surface area contributed by atoms with Gasteiger partial charge in [-0.1, -0.05) is 35.1 Å². The van der Waals surface area contributed by atoms with Gasteiger partial charge >= 0.3 is 0 Å². The Morgan fingerprint density at radius 2 is 2.17 bits per heavy atom. The van der Waals surface area contributed by atoms with Crippen LogP contribution in [0, 0.1) is 6.92 Å². The molecule has 1 N–H and O–H groups in total. The summed E-state index contributed by atoms with van der Waals surface area (Å²) in [5, 5.41) is 4.68. The van der Waals surface area contributed by atoms with Gasteiger partial charge in [0.05, 0.1) is 11.9 Å². The Morgan fingerprint density at radius 3 is 2.93 bits per heavy atom. The minimum absolute atomic E-state index is 0.00380. The number of likely N-dealkylation sites (tertiary alicyclic amines) is 1. The van der Waals surface area contributed by atoms with Crippen molar-refractivity contribution in [3.8, 4) is 0 Å². The van der Waals surface area contributed by atoms with Gasteiger partial charge in [-0.3, -0.25) is 4.79 Å². The van der Waals surface area contributed by atoms with E-state index in [2.05, 4.69) is 15.3 Å². The van der Waals surface area contributed by atoms with Crippen molar-refractivity contribution in [3.05, 3.63) is 63.3 Å². The van der Waals surface area contributed by atoms with Gasteiger partial charge in [0.2, 0.25) is 5.89 Å². The van der Waals surface area contributed by atoms with Crippen LogP contribution in [0.4, 0.5) is 5.13 Å². The fourth-order valence-electron chi connectivity index (χ4n) is 3.58. The standard InChI is InChI=1S/C21H23ClN4O2S/c1-3-23-21-25-13(2)18(29-21)20(27)26-10-4-5-17(26)19-24-12-16(28-19)11-14-6-8-15(22)9-7-14/h6-9,12,17H,3-5,10-11H2,1-2H3,(H,23,25). The fourth-order valence-corrected chi connectivity index (χ4v) is 4.70. The van der Waals surface area contributed by atoms with Gasteiger partial charge in [0.1, 0.15) is 16.7 Å². The van der Waals surface area contributed by atoms with Crippen molar-refractivity contribution in [3.63, 3.8) is 0 Å². The molecular weight excluding hydrogens is 408 g/mol. The lowest BCUT2D eigenvalue weighted by atomic mass is 10.1. The lowest BCUT2D eigenvalue weighted by Crippen LogP contribution is -2.30. The second kappa shape index (κ2) is 8.55. The first-order valence-corrected chi connectivity index (χ1v) is 11.0. The van der Waals surface area contributed by atoms with Gasteiger partial charge in [0.15, 0.2) is 5.13 Å². The number of aryl methyl sites for hydroxylation is 1. The van der Waals surface area contributed by atoms with Crippen molar-refractivity contribution >= 4 is 34.0 Å². The average molecular weight is 431 g/mol. The summed E-state index contributed by atoms with van der Waals surface area (Å²) in [5.74, 6) is 1.39. The fraction of sp³-hybridized carbons (Fsp3) is 0.381. The molecule has 0 spiro atoms. The molecule has 0 bridgehead atoms. The predicted molar refractivity (Wildman–Crippen MR) is 115 cm³/mol. The summed E-state index contributed by atoms with van der Waals surface area (Å²) in [6, 6.07) is 7.55. The molecule has 1 saturated heterocycles. The van der Waals surface area contributed by atoms with Crippen LogP contribution >= 0.6 is 22.9 Å². The second-order valence-electron chi connectivity index (χ2n) is 7.09. The van der Waals surface area contributed by atoms with E-state index in [1.807, 2.05) is 43.0 Å². The van der Waals surface area contributed by atoms with Crippen molar-refractivity contribution < 1.29 is 9.21 Å². The highest BCUT2D eigenvalue weighted by Crippen LogP contribution is 2.35. The zero-order valence-electron chi connectivity index (χ0n) is 16.4. The minimum Gasteiger partial charge on any atom is -0.443 e. The number of anilines is 1. The number of rotatable bonds is 6. The summed E-state index contributed by atoms with van der Waals surface area (Å²) in [5.41, 5.74) is 1.87. The number of oxazole rings is 1. The lowest BCUT2D eigenvalue weighted by molar-refractivity contribution is 0.0718. The van der Waals surface area contributed by atoms with Crippen LogP contribution in [0.2, 0.25) is 5.02 Å². The van der Waals surface area contributed by atoms with E-state index < -0.39 is 0 Å². The van der Waals surface area contributed by atoms with Crippen molar-refractivity contribution in [1.29, 1.82) is 0 Å². The largest absolute Gasteiger partial charge is 0.443 e. The van der Waals surface area contributed by atoms with Crippen molar-refractivity contribution in [2.45, 2.75) is 39.2 Å². The van der Waals surface area contributed by atoms with Crippen LogP contribution in [-0.2, 0) is 6.42 Å². The zero-order chi connectivity index (χ0) is 20.4. The molecule has 1 aliphatic heterocycles. The van der Waals surface area contributed by atoms with E-state index in [0.29, 0.717) is 28.8 Å². The highest BCUT2D eigenvalue weighted by atomic mass is 35.5. The van der Waals surface area contributed by atoms with Gasteiger partial charge < -0.3 is 14.6 Å². The summed E-state index contributed by atoms with van der Waals surface area (Å²) in [6.07, 6.45) is 4.19. The minimum atomic E-state index is -0.134. The number of amides is 1. The lowest BCUT2D eigenvalue weighted by Gasteiger charge is -2.21. The number of hydrogen-bond donors (Lipinski definition) is 1. The molecule has 1 amide bonds. The van der Waals surface area contributed by atoms with Gasteiger partial charge in [0, 0.05) is 24.5 Å². The molecule has 1 atom stereocenters. The molecule has 1 unspecified atom stereocenters. The van der Waals surface area contributed by atoms with E-state index in [-0.39, 0.29) is 11.9 Å². The highest BCUT2D eigenvalue weighted by molar-refractivity contribution is 7.17. The Labute approximate surface area is 178 Å². The number of hydrogen-bond acceptors (Lipinski definition) is 6. The summed E-state index contributed by atoms with van der Waals surface area (Å²) < 4.78 is 6.03. The molecule has 3 aromatic rings. The number of benzene rings is 1. The number of carbonyl (C=O) groups is 1. The third-order valence-electron chi connectivity index (χ3n) is 4.98. The number of halogens is 1. The molecule has 152 valence electrons. The van der Waals surface area contributed by atoms with Crippen molar-refractivity contribution in [1.82, 2.24) is 14.9 Å². The number of carbonyl (C=O) groups excluding carboxylic acids is 1. The molecule has 3 heterocycles. The molecule has 6 nitrogen and oxygen atoms in total. The normalized spacial score (nSPS) is 16.4. The van der Waals surface area contributed by atoms with Crippen LogP contribution in [0.3, 0.4) is 0 Å². The summed E-state index contributed by atoms with van der Waals surface area (Å²) in [6.45, 7) is 5.37. The second-order valence-corrected chi connectivity index (χ2v) is 8.52. The van der Waals surface area contributed by atoms with Crippen LogP contribution in [0.1, 0.15) is 58.4 Å². The summed E-state index contributed by atoms with van der Waals surface area (Å²) >= 11 is 7.36. The highest BCUT2D eigenvalue weighted by Gasteiger charge is 2.35. The Bertz CT molecular complexity index is 999. The predicted octanol–water partition coefficient (Wildman–Crippen LogP) is 5.09. The van der Waals surface area contributed by atoms with Crippen molar-refractivity contribution in [2.75, 3.05) is 18.4 Å². The first-order chi connectivity index (χ1) is 14.0. The molecule has 2 aromatic heterocycles. The van der Waals surface area contributed by atoms with E-state index in [9.17, 15) is 4.79 Å². The Kier molecular flexibility index (Phi) is 5.87. The molecule has 1 fully saturated rings. The van der Waals surface area contributed by atoms with Crippen molar-refractivity contribution in [2.24, 2.45) is 0 Å². The third-order valence-corrected chi connectivity index (χ3v) is 6.34. The molecule has 1 aliphatic rings. The van der Waals surface area contributed by atoms with Crippen LogP contribution in [0.25, 0.3) is 0 Å². The monoisotopic (exact) mass is 430 g/mol. The third kappa shape index (κ3) is 4.31. The first-order valence-electron chi connectivity index (χ1n) is 9.76. The number of thiazole rings is 1.